The summed E-state index contributed by atoms with van der Waals surface area (Å²) in [6, 6.07) is 14.9. The van der Waals surface area contributed by atoms with Gasteiger partial charge in [-0.1, -0.05) is 32.0 Å². The molecule has 0 aliphatic rings. The van der Waals surface area contributed by atoms with Gasteiger partial charge in [-0.25, -0.2) is 4.79 Å². The minimum atomic E-state index is -0.592. The number of para-hydroxylation sites is 1. The Bertz CT molecular complexity index is 895. The number of urea groups is 1. The highest BCUT2D eigenvalue weighted by Gasteiger charge is 2.11. The van der Waals surface area contributed by atoms with Gasteiger partial charge < -0.3 is 20.7 Å². The van der Waals surface area contributed by atoms with Crippen molar-refractivity contribution < 1.29 is 23.9 Å². The van der Waals surface area contributed by atoms with Gasteiger partial charge in [0.25, 0.3) is 0 Å². The van der Waals surface area contributed by atoms with E-state index in [1.54, 1.807) is 48.5 Å². The number of rotatable bonds is 10. The zero-order valence-electron chi connectivity index (χ0n) is 17.6. The number of ketones is 1. The van der Waals surface area contributed by atoms with Gasteiger partial charge in [-0.05, 0) is 42.3 Å². The predicted octanol–water partition coefficient (Wildman–Crippen LogP) is 3.61. The molecule has 164 valence electrons. The number of amides is 3. The second-order valence-electron chi connectivity index (χ2n) is 7.30. The maximum atomic E-state index is 12.2. The third kappa shape index (κ3) is 9.12. The van der Waals surface area contributed by atoms with Crippen molar-refractivity contribution in [1.29, 1.82) is 0 Å². The van der Waals surface area contributed by atoms with E-state index in [1.165, 1.54) is 0 Å². The normalized spacial score (nSPS) is 10.3. The molecule has 8 nitrogen and oxygen atoms in total. The van der Waals surface area contributed by atoms with Crippen LogP contribution in [0.5, 0.6) is 0 Å². The molecule has 0 bridgehead atoms. The molecule has 0 spiro atoms. The number of hydrogen-bond acceptors (Lipinski definition) is 5. The first-order valence-electron chi connectivity index (χ1n) is 10.0. The number of hydrogen-bond donors (Lipinski definition) is 3. The lowest BCUT2D eigenvalue weighted by Gasteiger charge is -2.09. The number of benzene rings is 2. The lowest BCUT2D eigenvalue weighted by Crippen LogP contribution is -2.31. The molecule has 2 aromatic carbocycles. The number of esters is 1. The molecule has 3 amide bonds. The fraction of sp³-hybridized carbons (Fsp3) is 0.304. The highest BCUT2D eigenvalue weighted by Crippen LogP contribution is 2.12. The van der Waals surface area contributed by atoms with Gasteiger partial charge in [-0.2, -0.15) is 0 Å². The zero-order valence-corrected chi connectivity index (χ0v) is 17.6. The first-order valence-corrected chi connectivity index (χ1v) is 10.0. The Morgan fingerprint density at radius 3 is 2.16 bits per heavy atom. The van der Waals surface area contributed by atoms with E-state index in [1.807, 2.05) is 19.9 Å². The largest absolute Gasteiger partial charge is 0.457 e. The SMILES string of the molecule is CC(C)CC(=O)Nc1ccc(C(=O)COC(=O)CCNC(=O)Nc2ccccc2)cc1. The van der Waals surface area contributed by atoms with Gasteiger partial charge >= 0.3 is 12.0 Å². The summed E-state index contributed by atoms with van der Waals surface area (Å²) in [5, 5.41) is 7.94. The van der Waals surface area contributed by atoms with Gasteiger partial charge in [-0.15, -0.1) is 0 Å². The minimum Gasteiger partial charge on any atom is -0.457 e. The van der Waals surface area contributed by atoms with E-state index in [0.717, 1.165) is 0 Å². The van der Waals surface area contributed by atoms with Crippen molar-refractivity contribution in [1.82, 2.24) is 5.32 Å². The summed E-state index contributed by atoms with van der Waals surface area (Å²) in [6.45, 7) is 3.60. The summed E-state index contributed by atoms with van der Waals surface area (Å²) in [7, 11) is 0. The molecule has 31 heavy (non-hydrogen) atoms. The van der Waals surface area contributed by atoms with E-state index >= 15 is 0 Å². The fourth-order valence-corrected chi connectivity index (χ4v) is 2.60. The molecule has 0 atom stereocenters. The average molecular weight is 425 g/mol. The van der Waals surface area contributed by atoms with E-state index < -0.39 is 18.6 Å². The van der Waals surface area contributed by atoms with E-state index in [2.05, 4.69) is 16.0 Å². The van der Waals surface area contributed by atoms with Crippen molar-refractivity contribution in [3.8, 4) is 0 Å². The summed E-state index contributed by atoms with van der Waals surface area (Å²) < 4.78 is 4.97. The minimum absolute atomic E-state index is 0.0592. The van der Waals surface area contributed by atoms with Crippen LogP contribution in [0.3, 0.4) is 0 Å². The van der Waals surface area contributed by atoms with Crippen molar-refractivity contribution in [2.24, 2.45) is 5.92 Å². The molecular weight excluding hydrogens is 398 g/mol. The van der Waals surface area contributed by atoms with Crippen LogP contribution in [0.2, 0.25) is 0 Å². The molecule has 2 rings (SSSR count). The number of nitrogens with one attached hydrogen (secondary N) is 3. The van der Waals surface area contributed by atoms with Gasteiger partial charge in [0.05, 0.1) is 6.42 Å². The third-order valence-corrected chi connectivity index (χ3v) is 4.09. The molecular formula is C23H27N3O5. The molecule has 0 radical (unpaired) electrons. The van der Waals surface area contributed by atoms with Crippen molar-refractivity contribution in [3.05, 3.63) is 60.2 Å². The number of Topliss-reactive ketones (excluding diaryl/α,β-unsaturated/α-hetero) is 1. The first kappa shape index (κ1) is 23.6. The number of carbonyl (C=O) groups is 4. The van der Waals surface area contributed by atoms with Crippen LogP contribution in [0.4, 0.5) is 16.2 Å². The number of ether oxygens (including phenoxy) is 1. The topological polar surface area (TPSA) is 114 Å². The Morgan fingerprint density at radius 1 is 0.871 bits per heavy atom. The zero-order chi connectivity index (χ0) is 22.6. The molecule has 0 aromatic heterocycles. The van der Waals surface area contributed by atoms with Gasteiger partial charge in [-0.3, -0.25) is 14.4 Å². The molecule has 0 fully saturated rings. The van der Waals surface area contributed by atoms with E-state index in [-0.39, 0.29) is 30.6 Å². The van der Waals surface area contributed by atoms with Crippen LogP contribution in [-0.2, 0) is 14.3 Å². The highest BCUT2D eigenvalue weighted by atomic mass is 16.5. The second kappa shape index (κ2) is 12.1. The van der Waals surface area contributed by atoms with Crippen molar-refractivity contribution in [2.45, 2.75) is 26.7 Å². The summed E-state index contributed by atoms with van der Waals surface area (Å²) in [6.07, 6.45) is 0.357. The van der Waals surface area contributed by atoms with Crippen LogP contribution >= 0.6 is 0 Å². The molecule has 0 saturated heterocycles. The molecule has 0 aliphatic carbocycles. The Balaban J connectivity index is 1.67. The van der Waals surface area contributed by atoms with Crippen LogP contribution < -0.4 is 16.0 Å². The fourth-order valence-electron chi connectivity index (χ4n) is 2.60. The van der Waals surface area contributed by atoms with Crippen LogP contribution in [0, 0.1) is 5.92 Å². The Morgan fingerprint density at radius 2 is 1.52 bits per heavy atom. The molecule has 0 aliphatic heterocycles. The summed E-state index contributed by atoms with van der Waals surface area (Å²) in [5.41, 5.74) is 1.60. The quantitative estimate of drug-likeness (QED) is 0.397. The highest BCUT2D eigenvalue weighted by molar-refractivity contribution is 5.99. The molecule has 0 unspecified atom stereocenters. The number of anilines is 2. The third-order valence-electron chi connectivity index (χ3n) is 4.09. The second-order valence-corrected chi connectivity index (χ2v) is 7.30. The predicted molar refractivity (Wildman–Crippen MR) is 118 cm³/mol. The monoisotopic (exact) mass is 425 g/mol. The summed E-state index contributed by atoms with van der Waals surface area (Å²) >= 11 is 0. The van der Waals surface area contributed by atoms with Crippen molar-refractivity contribution >= 4 is 35.1 Å². The van der Waals surface area contributed by atoms with E-state index in [9.17, 15) is 19.2 Å². The molecule has 0 heterocycles. The van der Waals surface area contributed by atoms with E-state index in [0.29, 0.717) is 23.4 Å². The number of carbonyl (C=O) groups excluding carboxylic acids is 4. The van der Waals surface area contributed by atoms with Crippen LogP contribution in [0.15, 0.2) is 54.6 Å². The summed E-state index contributed by atoms with van der Waals surface area (Å²) in [5.74, 6) is -0.785. The lowest BCUT2D eigenvalue weighted by atomic mass is 10.1. The Hall–Kier alpha value is -3.68. The van der Waals surface area contributed by atoms with Crippen molar-refractivity contribution in [3.63, 3.8) is 0 Å². The van der Waals surface area contributed by atoms with Crippen molar-refractivity contribution in [2.75, 3.05) is 23.8 Å². The maximum Gasteiger partial charge on any atom is 0.319 e. The maximum absolute atomic E-state index is 12.2. The molecule has 3 N–H and O–H groups in total. The van der Waals surface area contributed by atoms with E-state index in [4.69, 9.17) is 4.74 Å². The first-order chi connectivity index (χ1) is 14.8. The van der Waals surface area contributed by atoms with Gasteiger partial charge in [0.2, 0.25) is 5.91 Å². The van der Waals surface area contributed by atoms with Crippen LogP contribution in [0.25, 0.3) is 0 Å². The molecule has 2 aromatic rings. The molecule has 8 heteroatoms. The molecule has 0 saturated carbocycles. The standard InChI is InChI=1S/C23H27N3O5/c1-16(2)14-21(28)25-19-10-8-17(9-11-19)20(27)15-31-22(29)12-13-24-23(30)26-18-6-4-3-5-7-18/h3-11,16H,12-15H2,1-2H3,(H,25,28)(H2,24,26,30). The summed E-state index contributed by atoms with van der Waals surface area (Å²) in [4.78, 5) is 47.5. The van der Waals surface area contributed by atoms with Crippen LogP contribution in [0.1, 0.15) is 37.0 Å². The Kier molecular flexibility index (Phi) is 9.22. The Labute approximate surface area is 181 Å². The lowest BCUT2D eigenvalue weighted by molar-refractivity contribution is -0.142. The average Bonchev–Trinajstić information content (AvgIpc) is 2.72. The van der Waals surface area contributed by atoms with Gasteiger partial charge in [0, 0.05) is 29.9 Å². The van der Waals surface area contributed by atoms with Crippen LogP contribution in [-0.4, -0.2) is 36.8 Å². The van der Waals surface area contributed by atoms with Gasteiger partial charge in [0.15, 0.2) is 12.4 Å². The van der Waals surface area contributed by atoms with Gasteiger partial charge in [0.1, 0.15) is 0 Å². The smallest absolute Gasteiger partial charge is 0.319 e.